The van der Waals surface area contributed by atoms with Crippen LogP contribution in [0.25, 0.3) is 11.1 Å². The van der Waals surface area contributed by atoms with Crippen molar-refractivity contribution >= 4 is 11.7 Å². The van der Waals surface area contributed by atoms with Gasteiger partial charge in [-0.2, -0.15) is 0 Å². The van der Waals surface area contributed by atoms with Crippen molar-refractivity contribution in [1.82, 2.24) is 0 Å². The molecule has 0 aliphatic heterocycles. The van der Waals surface area contributed by atoms with Crippen molar-refractivity contribution in [3.8, 4) is 11.1 Å². The maximum Gasteiger partial charge on any atom is 0.316 e. The number of nitrogens with one attached hydrogen (secondary N) is 1. The lowest BCUT2D eigenvalue weighted by Gasteiger charge is -2.13. The summed E-state index contributed by atoms with van der Waals surface area (Å²) in [5.74, 6) is -1.80. The summed E-state index contributed by atoms with van der Waals surface area (Å²) in [4.78, 5) is 11.5. The summed E-state index contributed by atoms with van der Waals surface area (Å²) in [6, 6.07) is 15.3. The number of benzene rings is 2. The van der Waals surface area contributed by atoms with E-state index in [9.17, 15) is 9.90 Å². The zero-order chi connectivity index (χ0) is 13.4. The highest BCUT2D eigenvalue weighted by molar-refractivity contribution is 6.09. The normalized spacial score (nSPS) is 17.3. The Morgan fingerprint density at radius 3 is 2.42 bits per heavy atom. The van der Waals surface area contributed by atoms with Crippen molar-refractivity contribution in [3.63, 3.8) is 0 Å². The van der Waals surface area contributed by atoms with Gasteiger partial charge in [-0.15, -0.1) is 0 Å². The Kier molecular flexibility index (Phi) is 2.67. The van der Waals surface area contributed by atoms with Crippen molar-refractivity contribution < 1.29 is 9.90 Å². The minimum Gasteiger partial charge on any atom is -0.480 e. The molecule has 1 atom stereocenters. The molecule has 0 radical (unpaired) electrons. The van der Waals surface area contributed by atoms with Crippen molar-refractivity contribution in [3.05, 3.63) is 59.7 Å². The predicted octanol–water partition coefficient (Wildman–Crippen LogP) is 3.10. The molecule has 0 unspecified atom stereocenters. The van der Waals surface area contributed by atoms with Crippen molar-refractivity contribution in [2.45, 2.75) is 12.3 Å². The quantitative estimate of drug-likeness (QED) is 0.818. The number of carboxylic acids is 1. The van der Waals surface area contributed by atoms with Crippen LogP contribution in [0.3, 0.4) is 0 Å². The highest BCUT2D eigenvalue weighted by atomic mass is 16.4. The molecular formula is C16H13NO2. The topological polar surface area (TPSA) is 61.2 Å². The van der Waals surface area contributed by atoms with Crippen molar-refractivity contribution in [1.29, 1.82) is 5.41 Å². The molecule has 2 aromatic carbocycles. The van der Waals surface area contributed by atoms with Crippen LogP contribution in [0.1, 0.15) is 17.0 Å². The average molecular weight is 251 g/mol. The number of aliphatic carboxylic acids is 1. The van der Waals surface area contributed by atoms with E-state index in [4.69, 9.17) is 5.41 Å². The number of fused-ring (bicyclic) bond motifs is 3. The molecule has 0 fully saturated rings. The van der Waals surface area contributed by atoms with Crippen molar-refractivity contribution in [2.75, 3.05) is 0 Å². The second-order valence-electron chi connectivity index (χ2n) is 4.72. The van der Waals surface area contributed by atoms with E-state index in [0.29, 0.717) is 12.0 Å². The highest BCUT2D eigenvalue weighted by Crippen LogP contribution is 2.36. The first kappa shape index (κ1) is 11.7. The lowest BCUT2D eigenvalue weighted by molar-refractivity contribution is -0.137. The van der Waals surface area contributed by atoms with Crippen LogP contribution in [0.15, 0.2) is 48.5 Å². The maximum atomic E-state index is 11.5. The molecule has 1 aliphatic rings. The molecule has 0 saturated heterocycles. The summed E-state index contributed by atoms with van der Waals surface area (Å²) in [5, 5.41) is 17.5. The van der Waals surface area contributed by atoms with Gasteiger partial charge >= 0.3 is 5.97 Å². The van der Waals surface area contributed by atoms with E-state index in [1.807, 2.05) is 48.5 Å². The zero-order valence-corrected chi connectivity index (χ0v) is 10.3. The summed E-state index contributed by atoms with van der Waals surface area (Å²) in [6.07, 6.45) is 0.391. The number of hydrogen-bond acceptors (Lipinski definition) is 2. The van der Waals surface area contributed by atoms with Crippen LogP contribution < -0.4 is 0 Å². The standard InChI is InChI=1S/C16H13NO2/c17-14-9-10-5-1-2-6-11(10)12-7-3-4-8-13(12)15(14)16(18)19/h1-8,15,17H,9H2,(H,18,19)/t15-/m1/s1. The second kappa shape index (κ2) is 4.35. The van der Waals surface area contributed by atoms with Crippen LogP contribution in [-0.4, -0.2) is 16.8 Å². The summed E-state index contributed by atoms with van der Waals surface area (Å²) >= 11 is 0. The average Bonchev–Trinajstić information content (AvgIpc) is 2.52. The molecule has 1 aliphatic carbocycles. The first-order valence-corrected chi connectivity index (χ1v) is 6.16. The molecule has 2 aromatic rings. The van der Waals surface area contributed by atoms with Crippen LogP contribution in [0.4, 0.5) is 0 Å². The first-order valence-electron chi connectivity index (χ1n) is 6.16. The predicted molar refractivity (Wildman–Crippen MR) is 73.7 cm³/mol. The third kappa shape index (κ3) is 1.83. The lowest BCUT2D eigenvalue weighted by atomic mass is 9.90. The van der Waals surface area contributed by atoms with E-state index in [1.165, 1.54) is 0 Å². The Labute approximate surface area is 111 Å². The summed E-state index contributed by atoms with van der Waals surface area (Å²) in [5.41, 5.74) is 3.93. The summed E-state index contributed by atoms with van der Waals surface area (Å²) in [7, 11) is 0. The summed E-state index contributed by atoms with van der Waals surface area (Å²) in [6.45, 7) is 0. The van der Waals surface area contributed by atoms with Gasteiger partial charge in [-0.3, -0.25) is 4.79 Å². The van der Waals surface area contributed by atoms with E-state index in [0.717, 1.165) is 16.7 Å². The summed E-state index contributed by atoms with van der Waals surface area (Å²) < 4.78 is 0. The SMILES string of the molecule is N=C1Cc2ccccc2-c2ccccc2[C@H]1C(=O)O. The molecule has 3 heteroatoms. The molecule has 94 valence electrons. The number of carboxylic acid groups (broad SMARTS) is 1. The van der Waals surface area contributed by atoms with Gasteiger partial charge in [-0.1, -0.05) is 48.5 Å². The maximum absolute atomic E-state index is 11.5. The Morgan fingerprint density at radius 1 is 1.05 bits per heavy atom. The Balaban J connectivity index is 2.32. The molecule has 3 rings (SSSR count). The Hall–Kier alpha value is -2.42. The highest BCUT2D eigenvalue weighted by Gasteiger charge is 2.30. The third-order valence-electron chi connectivity index (χ3n) is 3.56. The fourth-order valence-electron chi connectivity index (χ4n) is 2.71. The smallest absolute Gasteiger partial charge is 0.316 e. The molecule has 0 heterocycles. The second-order valence-corrected chi connectivity index (χ2v) is 4.72. The van der Waals surface area contributed by atoms with Crippen LogP contribution >= 0.6 is 0 Å². The van der Waals surface area contributed by atoms with Crippen LogP contribution in [0.5, 0.6) is 0 Å². The fourth-order valence-corrected chi connectivity index (χ4v) is 2.71. The molecule has 0 bridgehead atoms. The van der Waals surface area contributed by atoms with Crippen LogP contribution in [0, 0.1) is 5.41 Å². The molecule has 0 amide bonds. The zero-order valence-electron chi connectivity index (χ0n) is 10.3. The van der Waals surface area contributed by atoms with Gasteiger partial charge in [0.15, 0.2) is 0 Å². The molecular weight excluding hydrogens is 238 g/mol. The van der Waals surface area contributed by atoms with Gasteiger partial charge in [0.1, 0.15) is 5.92 Å². The molecule has 3 nitrogen and oxygen atoms in total. The molecule has 0 aromatic heterocycles. The van der Waals surface area contributed by atoms with E-state index < -0.39 is 11.9 Å². The Bertz CT molecular complexity index is 676. The van der Waals surface area contributed by atoms with E-state index in [2.05, 4.69) is 0 Å². The van der Waals surface area contributed by atoms with Gasteiger partial charge in [0.05, 0.1) is 0 Å². The minimum atomic E-state index is -0.953. The minimum absolute atomic E-state index is 0.241. The number of rotatable bonds is 1. The largest absolute Gasteiger partial charge is 0.480 e. The van der Waals surface area contributed by atoms with Gasteiger partial charge < -0.3 is 10.5 Å². The molecule has 2 N–H and O–H groups in total. The monoisotopic (exact) mass is 251 g/mol. The van der Waals surface area contributed by atoms with E-state index >= 15 is 0 Å². The van der Waals surface area contributed by atoms with E-state index in [1.54, 1.807) is 0 Å². The Morgan fingerprint density at radius 2 is 1.68 bits per heavy atom. The lowest BCUT2D eigenvalue weighted by Crippen LogP contribution is -2.21. The van der Waals surface area contributed by atoms with Crippen LogP contribution in [-0.2, 0) is 11.2 Å². The van der Waals surface area contributed by atoms with Crippen molar-refractivity contribution in [2.24, 2.45) is 0 Å². The number of carbonyl (C=O) groups is 1. The van der Waals surface area contributed by atoms with Gasteiger partial charge in [-0.05, 0) is 22.3 Å². The van der Waals surface area contributed by atoms with Crippen LogP contribution in [0.2, 0.25) is 0 Å². The van der Waals surface area contributed by atoms with Gasteiger partial charge in [0.2, 0.25) is 0 Å². The molecule has 0 saturated carbocycles. The molecule has 0 spiro atoms. The molecule has 19 heavy (non-hydrogen) atoms. The third-order valence-corrected chi connectivity index (χ3v) is 3.56. The van der Waals surface area contributed by atoms with Gasteiger partial charge in [-0.25, -0.2) is 0 Å². The van der Waals surface area contributed by atoms with Gasteiger partial charge in [0, 0.05) is 12.1 Å². The first-order chi connectivity index (χ1) is 9.18. The fraction of sp³-hybridized carbons (Fsp3) is 0.125. The number of hydrogen-bond donors (Lipinski definition) is 2. The van der Waals surface area contributed by atoms with Gasteiger partial charge in [0.25, 0.3) is 0 Å². The van der Waals surface area contributed by atoms with E-state index in [-0.39, 0.29) is 5.71 Å².